The first-order chi connectivity index (χ1) is 12.1. The van der Waals surface area contributed by atoms with Crippen molar-refractivity contribution in [3.8, 4) is 0 Å². The number of aryl methyl sites for hydroxylation is 2. The number of fused-ring (bicyclic) bond motifs is 1. The highest BCUT2D eigenvalue weighted by molar-refractivity contribution is 5.88. The van der Waals surface area contributed by atoms with Crippen molar-refractivity contribution < 1.29 is 23.8 Å². The van der Waals surface area contributed by atoms with Crippen LogP contribution >= 0.6 is 0 Å². The number of benzene rings is 1. The van der Waals surface area contributed by atoms with Crippen molar-refractivity contribution in [1.82, 2.24) is 5.32 Å². The molecule has 0 aromatic heterocycles. The third-order valence-corrected chi connectivity index (χ3v) is 4.43. The lowest BCUT2D eigenvalue weighted by Gasteiger charge is -2.20. The van der Waals surface area contributed by atoms with Crippen LogP contribution in [0.2, 0.25) is 0 Å². The molecule has 0 saturated carbocycles. The Balaban J connectivity index is 1.50. The molecule has 0 unspecified atom stereocenters. The molecule has 1 aliphatic heterocycles. The highest BCUT2D eigenvalue weighted by Crippen LogP contribution is 2.24. The molecular formula is C19H23NO5. The van der Waals surface area contributed by atoms with Gasteiger partial charge in [-0.1, -0.05) is 18.2 Å². The third-order valence-electron chi connectivity index (χ3n) is 4.43. The van der Waals surface area contributed by atoms with Gasteiger partial charge in [0.05, 0.1) is 6.04 Å². The number of amides is 1. The predicted octanol–water partition coefficient (Wildman–Crippen LogP) is 2.17. The van der Waals surface area contributed by atoms with Crippen LogP contribution in [0.15, 0.2) is 30.2 Å². The van der Waals surface area contributed by atoms with Crippen molar-refractivity contribution in [2.75, 3.05) is 19.8 Å². The van der Waals surface area contributed by atoms with E-state index in [1.165, 1.54) is 30.2 Å². The SMILES string of the molecule is C[C@H](NC(=O)COC(=O)C1=COCCO1)c1ccc2c(c1)CCCC2. The van der Waals surface area contributed by atoms with Gasteiger partial charge in [-0.15, -0.1) is 0 Å². The van der Waals surface area contributed by atoms with E-state index in [2.05, 4.69) is 23.5 Å². The lowest BCUT2D eigenvalue weighted by Crippen LogP contribution is -2.31. The van der Waals surface area contributed by atoms with E-state index in [9.17, 15) is 9.59 Å². The molecule has 1 heterocycles. The van der Waals surface area contributed by atoms with Crippen molar-refractivity contribution in [2.45, 2.75) is 38.6 Å². The lowest BCUT2D eigenvalue weighted by molar-refractivity contribution is -0.149. The summed E-state index contributed by atoms with van der Waals surface area (Å²) in [5, 5.41) is 2.85. The fourth-order valence-corrected chi connectivity index (χ4v) is 3.07. The first kappa shape index (κ1) is 17.3. The second-order valence-electron chi connectivity index (χ2n) is 6.30. The molecule has 1 aliphatic carbocycles. The summed E-state index contributed by atoms with van der Waals surface area (Å²) in [5.41, 5.74) is 3.84. The van der Waals surface area contributed by atoms with E-state index in [0.717, 1.165) is 18.4 Å². The summed E-state index contributed by atoms with van der Waals surface area (Å²) in [7, 11) is 0. The van der Waals surface area contributed by atoms with Gasteiger partial charge in [0.15, 0.2) is 6.61 Å². The second kappa shape index (κ2) is 8.05. The number of hydrogen-bond donors (Lipinski definition) is 1. The zero-order valence-corrected chi connectivity index (χ0v) is 14.4. The number of rotatable bonds is 5. The Kier molecular flexibility index (Phi) is 5.58. The van der Waals surface area contributed by atoms with E-state index in [1.807, 2.05) is 6.92 Å². The predicted molar refractivity (Wildman–Crippen MR) is 90.6 cm³/mol. The first-order valence-corrected chi connectivity index (χ1v) is 8.66. The largest absolute Gasteiger partial charge is 0.493 e. The molecule has 0 saturated heterocycles. The summed E-state index contributed by atoms with van der Waals surface area (Å²) in [5.74, 6) is -1.06. The zero-order chi connectivity index (χ0) is 17.6. The standard InChI is InChI=1S/C19H23NO5/c1-13(15-7-6-14-4-2-3-5-16(14)10-15)20-18(21)12-25-19(22)17-11-23-8-9-24-17/h6-7,10-11,13H,2-5,8-9,12H2,1H3,(H,20,21)/t13-/m0/s1. The van der Waals surface area contributed by atoms with Crippen molar-refractivity contribution in [3.05, 3.63) is 46.9 Å². The molecule has 134 valence electrons. The summed E-state index contributed by atoms with van der Waals surface area (Å²) in [4.78, 5) is 23.8. The van der Waals surface area contributed by atoms with Crippen LogP contribution in [-0.4, -0.2) is 31.7 Å². The quantitative estimate of drug-likeness (QED) is 0.828. The molecule has 1 atom stereocenters. The van der Waals surface area contributed by atoms with Gasteiger partial charge in [-0.2, -0.15) is 0 Å². The van der Waals surface area contributed by atoms with Crippen LogP contribution in [0, 0.1) is 0 Å². The Morgan fingerprint density at radius 2 is 2.00 bits per heavy atom. The number of nitrogens with one attached hydrogen (secondary N) is 1. The molecule has 1 N–H and O–H groups in total. The van der Waals surface area contributed by atoms with E-state index in [-0.39, 0.29) is 24.3 Å². The van der Waals surface area contributed by atoms with Crippen LogP contribution in [0.25, 0.3) is 0 Å². The Morgan fingerprint density at radius 1 is 1.20 bits per heavy atom. The topological polar surface area (TPSA) is 73.9 Å². The number of esters is 1. The molecule has 6 nitrogen and oxygen atoms in total. The summed E-state index contributed by atoms with van der Waals surface area (Å²) >= 11 is 0. The number of ether oxygens (including phenoxy) is 3. The summed E-state index contributed by atoms with van der Waals surface area (Å²) in [6, 6.07) is 6.23. The maximum absolute atomic E-state index is 12.0. The minimum atomic E-state index is -0.698. The van der Waals surface area contributed by atoms with Gasteiger partial charge in [0.2, 0.25) is 5.76 Å². The van der Waals surface area contributed by atoms with Crippen LogP contribution < -0.4 is 5.32 Å². The van der Waals surface area contributed by atoms with Crippen LogP contribution in [0.1, 0.15) is 42.5 Å². The Morgan fingerprint density at radius 3 is 2.76 bits per heavy atom. The normalized spacial score (nSPS) is 17.2. The van der Waals surface area contributed by atoms with Gasteiger partial charge in [-0.25, -0.2) is 4.79 Å². The monoisotopic (exact) mass is 345 g/mol. The molecule has 25 heavy (non-hydrogen) atoms. The van der Waals surface area contributed by atoms with Crippen molar-refractivity contribution in [3.63, 3.8) is 0 Å². The zero-order valence-electron chi connectivity index (χ0n) is 14.4. The van der Waals surface area contributed by atoms with Gasteiger partial charge in [0.25, 0.3) is 5.91 Å². The molecule has 0 spiro atoms. The maximum atomic E-state index is 12.0. The summed E-state index contributed by atoms with van der Waals surface area (Å²) in [6.45, 7) is 2.26. The fraction of sp³-hybridized carbons (Fsp3) is 0.474. The lowest BCUT2D eigenvalue weighted by atomic mass is 9.89. The molecule has 1 amide bonds. The summed E-state index contributed by atoms with van der Waals surface area (Å²) in [6.07, 6.45) is 5.90. The highest BCUT2D eigenvalue weighted by atomic mass is 16.6. The number of hydrogen-bond acceptors (Lipinski definition) is 5. The average molecular weight is 345 g/mol. The Hall–Kier alpha value is -2.50. The highest BCUT2D eigenvalue weighted by Gasteiger charge is 2.19. The third kappa shape index (κ3) is 4.53. The minimum Gasteiger partial charge on any atom is -0.493 e. The molecular weight excluding hydrogens is 322 g/mol. The van der Waals surface area contributed by atoms with Crippen LogP contribution in [0.5, 0.6) is 0 Å². The van der Waals surface area contributed by atoms with E-state index >= 15 is 0 Å². The first-order valence-electron chi connectivity index (χ1n) is 8.66. The van der Waals surface area contributed by atoms with E-state index < -0.39 is 5.97 Å². The summed E-state index contributed by atoms with van der Waals surface area (Å²) < 4.78 is 15.0. The Bertz CT molecular complexity index is 682. The van der Waals surface area contributed by atoms with Gasteiger partial charge in [0, 0.05) is 0 Å². The van der Waals surface area contributed by atoms with Crippen molar-refractivity contribution in [1.29, 1.82) is 0 Å². The smallest absolute Gasteiger partial charge is 0.377 e. The van der Waals surface area contributed by atoms with E-state index in [1.54, 1.807) is 0 Å². The maximum Gasteiger partial charge on any atom is 0.377 e. The molecule has 3 rings (SSSR count). The minimum absolute atomic E-state index is 0.0122. The number of carbonyl (C=O) groups excluding carboxylic acids is 2. The molecule has 2 aliphatic rings. The number of carbonyl (C=O) groups is 2. The molecule has 1 aromatic rings. The second-order valence-corrected chi connectivity index (χ2v) is 6.30. The Labute approximate surface area is 147 Å². The van der Waals surface area contributed by atoms with Crippen LogP contribution in [-0.2, 0) is 36.6 Å². The van der Waals surface area contributed by atoms with Crippen LogP contribution in [0.3, 0.4) is 0 Å². The molecule has 1 aromatic carbocycles. The molecule has 0 radical (unpaired) electrons. The molecule has 0 bridgehead atoms. The van der Waals surface area contributed by atoms with Crippen LogP contribution in [0.4, 0.5) is 0 Å². The average Bonchev–Trinajstić information content (AvgIpc) is 2.66. The molecule has 0 fully saturated rings. The van der Waals surface area contributed by atoms with Gasteiger partial charge in [0.1, 0.15) is 19.5 Å². The van der Waals surface area contributed by atoms with Gasteiger partial charge in [-0.05, 0) is 49.3 Å². The molecule has 6 heteroatoms. The van der Waals surface area contributed by atoms with E-state index in [0.29, 0.717) is 13.2 Å². The van der Waals surface area contributed by atoms with Gasteiger partial charge in [-0.3, -0.25) is 4.79 Å². The van der Waals surface area contributed by atoms with E-state index in [4.69, 9.17) is 14.2 Å². The van der Waals surface area contributed by atoms with Crippen molar-refractivity contribution in [2.24, 2.45) is 0 Å². The van der Waals surface area contributed by atoms with Crippen molar-refractivity contribution >= 4 is 11.9 Å². The van der Waals surface area contributed by atoms with Gasteiger partial charge < -0.3 is 19.5 Å². The van der Waals surface area contributed by atoms with Gasteiger partial charge >= 0.3 is 5.97 Å². The fourth-order valence-electron chi connectivity index (χ4n) is 3.07.